The molecule has 5 nitrogen and oxygen atoms in total. The molecule has 0 aromatic carbocycles. The van der Waals surface area contributed by atoms with Crippen LogP contribution in [0.5, 0.6) is 0 Å². The van der Waals surface area contributed by atoms with E-state index in [-0.39, 0.29) is 5.75 Å². The molecule has 0 saturated carbocycles. The zero-order valence-electron chi connectivity index (χ0n) is 6.25. The molecule has 0 amide bonds. The number of hydrogen-bond donors (Lipinski definition) is 1. The number of carbonyl (C=O) groups is 1. The molecular weight excluding hydrogens is 170 g/mol. The van der Waals surface area contributed by atoms with E-state index in [4.69, 9.17) is 5.41 Å². The quantitative estimate of drug-likeness (QED) is 0.485. The van der Waals surface area contributed by atoms with Crippen LogP contribution in [-0.4, -0.2) is 25.9 Å². The maximum Gasteiger partial charge on any atom is 0.367 e. The molecule has 0 unspecified atom stereocenters. The van der Waals surface area contributed by atoms with E-state index in [0.29, 0.717) is 0 Å². The van der Waals surface area contributed by atoms with Gasteiger partial charge in [0, 0.05) is 0 Å². The van der Waals surface area contributed by atoms with E-state index < -0.39 is 21.8 Å². The molecule has 0 heterocycles. The normalized spacial score (nSPS) is 10.7. The Kier molecular flexibility index (Phi) is 3.18. The molecule has 0 saturated heterocycles. The smallest absolute Gasteiger partial charge is 0.340 e. The van der Waals surface area contributed by atoms with Gasteiger partial charge in [0.1, 0.15) is 5.71 Å². The molecule has 0 bridgehead atoms. The van der Waals surface area contributed by atoms with Gasteiger partial charge in [-0.25, -0.2) is 4.79 Å². The fraction of sp³-hybridized carbons (Fsp3) is 0.600. The minimum absolute atomic E-state index is 0.272. The Labute approximate surface area is 65.0 Å². The Morgan fingerprint density at radius 2 is 2.00 bits per heavy atom. The summed E-state index contributed by atoms with van der Waals surface area (Å²) in [5, 5.41) is 6.72. The number of carbonyl (C=O) groups excluding carboxylic acids is 1. The summed E-state index contributed by atoms with van der Waals surface area (Å²) < 4.78 is 25.1. The van der Waals surface area contributed by atoms with Gasteiger partial charge >= 0.3 is 16.1 Å². The van der Waals surface area contributed by atoms with Gasteiger partial charge in [0.05, 0.1) is 5.75 Å². The molecule has 0 aromatic heterocycles. The van der Waals surface area contributed by atoms with Gasteiger partial charge in [-0.15, -0.1) is 0 Å². The topological polar surface area (TPSA) is 84.3 Å². The fourth-order valence-corrected chi connectivity index (χ4v) is 0.710. The van der Waals surface area contributed by atoms with Gasteiger partial charge in [0.25, 0.3) is 0 Å². The van der Waals surface area contributed by atoms with Gasteiger partial charge < -0.3 is 4.18 Å². The van der Waals surface area contributed by atoms with Crippen molar-refractivity contribution in [3.63, 3.8) is 0 Å². The highest BCUT2D eigenvalue weighted by molar-refractivity contribution is 7.87. The zero-order chi connectivity index (χ0) is 9.07. The van der Waals surface area contributed by atoms with Gasteiger partial charge in [-0.05, 0) is 13.8 Å². The highest BCUT2D eigenvalue weighted by Crippen LogP contribution is 1.93. The third-order valence-electron chi connectivity index (χ3n) is 0.862. The second-order valence-corrected chi connectivity index (χ2v) is 3.70. The summed E-state index contributed by atoms with van der Waals surface area (Å²) in [6, 6.07) is 0. The van der Waals surface area contributed by atoms with Crippen molar-refractivity contribution in [2.24, 2.45) is 0 Å². The van der Waals surface area contributed by atoms with Crippen LogP contribution in [0.25, 0.3) is 0 Å². The average molecular weight is 179 g/mol. The van der Waals surface area contributed by atoms with E-state index >= 15 is 0 Å². The molecule has 0 aliphatic rings. The van der Waals surface area contributed by atoms with Crippen molar-refractivity contribution in [1.29, 1.82) is 5.41 Å². The van der Waals surface area contributed by atoms with Gasteiger partial charge in [-0.2, -0.15) is 8.42 Å². The zero-order valence-corrected chi connectivity index (χ0v) is 7.06. The summed E-state index contributed by atoms with van der Waals surface area (Å²) in [5.41, 5.74) is -0.429. The van der Waals surface area contributed by atoms with Crippen LogP contribution in [0.2, 0.25) is 0 Å². The summed E-state index contributed by atoms with van der Waals surface area (Å²) in [6.07, 6.45) is 0. The monoisotopic (exact) mass is 179 g/mol. The van der Waals surface area contributed by atoms with Crippen LogP contribution in [0.15, 0.2) is 0 Å². The third-order valence-corrected chi connectivity index (χ3v) is 1.97. The van der Waals surface area contributed by atoms with Gasteiger partial charge in [0.2, 0.25) is 0 Å². The van der Waals surface area contributed by atoms with Crippen LogP contribution in [0.4, 0.5) is 0 Å². The average Bonchev–Trinajstić information content (AvgIpc) is 1.87. The highest BCUT2D eigenvalue weighted by Gasteiger charge is 2.15. The van der Waals surface area contributed by atoms with E-state index in [1.54, 1.807) is 0 Å². The van der Waals surface area contributed by atoms with E-state index in [1.165, 1.54) is 6.92 Å². The van der Waals surface area contributed by atoms with Crippen molar-refractivity contribution in [3.8, 4) is 0 Å². The summed E-state index contributed by atoms with van der Waals surface area (Å²) in [4.78, 5) is 10.5. The molecule has 0 atom stereocenters. The number of nitrogens with one attached hydrogen (secondary N) is 1. The molecule has 6 heteroatoms. The predicted molar refractivity (Wildman–Crippen MR) is 39.0 cm³/mol. The number of rotatable bonds is 3. The fourth-order valence-electron chi connectivity index (χ4n) is 0.237. The molecule has 0 rings (SSSR count). The number of hydrogen-bond acceptors (Lipinski definition) is 5. The summed E-state index contributed by atoms with van der Waals surface area (Å²) in [7, 11) is -3.75. The first-order chi connectivity index (χ1) is 4.89. The van der Waals surface area contributed by atoms with E-state index in [1.807, 2.05) is 0 Å². The Morgan fingerprint density at radius 3 is 2.27 bits per heavy atom. The molecular formula is C5H9NO4S. The van der Waals surface area contributed by atoms with Crippen molar-refractivity contribution in [2.75, 3.05) is 5.75 Å². The largest absolute Gasteiger partial charge is 0.367 e. The molecule has 0 spiro atoms. The lowest BCUT2D eigenvalue weighted by Crippen LogP contribution is -2.19. The summed E-state index contributed by atoms with van der Waals surface area (Å²) in [6.45, 7) is 2.51. The molecule has 0 aliphatic carbocycles. The molecule has 0 radical (unpaired) electrons. The SMILES string of the molecule is CCS(=O)(=O)OC(=O)C(C)=N. The van der Waals surface area contributed by atoms with Crippen LogP contribution in [0.1, 0.15) is 13.8 Å². The van der Waals surface area contributed by atoms with E-state index in [0.717, 1.165) is 6.92 Å². The Bertz CT molecular complexity index is 266. The summed E-state index contributed by atoms with van der Waals surface area (Å²) >= 11 is 0. The second kappa shape index (κ2) is 3.47. The maximum absolute atomic E-state index is 10.6. The molecule has 64 valence electrons. The summed E-state index contributed by atoms with van der Waals surface area (Å²) in [5.74, 6) is -1.39. The first kappa shape index (κ1) is 10.1. The van der Waals surface area contributed by atoms with Crippen molar-refractivity contribution < 1.29 is 17.4 Å². The minimum Gasteiger partial charge on any atom is -0.340 e. The Balaban J connectivity index is 4.29. The minimum atomic E-state index is -3.75. The van der Waals surface area contributed by atoms with Crippen LogP contribution >= 0.6 is 0 Å². The van der Waals surface area contributed by atoms with Crippen molar-refractivity contribution >= 4 is 21.8 Å². The molecule has 0 fully saturated rings. The van der Waals surface area contributed by atoms with Gasteiger partial charge in [-0.1, -0.05) is 0 Å². The first-order valence-corrected chi connectivity index (χ1v) is 4.48. The highest BCUT2D eigenvalue weighted by atomic mass is 32.2. The van der Waals surface area contributed by atoms with Crippen molar-refractivity contribution in [2.45, 2.75) is 13.8 Å². The van der Waals surface area contributed by atoms with Crippen molar-refractivity contribution in [1.82, 2.24) is 0 Å². The maximum atomic E-state index is 10.6. The van der Waals surface area contributed by atoms with Gasteiger partial charge in [0.15, 0.2) is 0 Å². The van der Waals surface area contributed by atoms with Crippen molar-refractivity contribution in [3.05, 3.63) is 0 Å². The van der Waals surface area contributed by atoms with E-state index in [9.17, 15) is 13.2 Å². The predicted octanol–water partition coefficient (Wildman–Crippen LogP) is -0.0810. The van der Waals surface area contributed by atoms with Gasteiger partial charge in [-0.3, -0.25) is 5.41 Å². The van der Waals surface area contributed by atoms with Crippen LogP contribution in [0.3, 0.4) is 0 Å². The molecule has 0 aromatic rings. The molecule has 11 heavy (non-hydrogen) atoms. The van der Waals surface area contributed by atoms with Crippen LogP contribution in [-0.2, 0) is 19.1 Å². The standard InChI is InChI=1S/C5H9NO4S/c1-3-11(8,9)10-5(7)4(2)6/h6H,3H2,1-2H3. The molecule has 1 N–H and O–H groups in total. The first-order valence-electron chi connectivity index (χ1n) is 2.90. The Morgan fingerprint density at radius 1 is 1.55 bits per heavy atom. The Hall–Kier alpha value is -0.910. The lowest BCUT2D eigenvalue weighted by Gasteiger charge is -1.99. The van der Waals surface area contributed by atoms with Crippen LogP contribution in [0, 0.1) is 5.41 Å². The molecule has 0 aliphatic heterocycles. The van der Waals surface area contributed by atoms with E-state index in [2.05, 4.69) is 4.18 Å². The second-order valence-electron chi connectivity index (χ2n) is 1.84. The lowest BCUT2D eigenvalue weighted by molar-refractivity contribution is -0.126. The van der Waals surface area contributed by atoms with Crippen LogP contribution < -0.4 is 0 Å². The third kappa shape index (κ3) is 3.72. The lowest BCUT2D eigenvalue weighted by atomic mass is 10.5.